The second-order valence-corrected chi connectivity index (χ2v) is 3.80. The number of hydrogen-bond donors (Lipinski definition) is 0. The fourth-order valence-corrected chi connectivity index (χ4v) is 1.64. The third kappa shape index (κ3) is 3.99. The van der Waals surface area contributed by atoms with Crippen molar-refractivity contribution in [3.8, 4) is 11.3 Å². The zero-order valence-electron chi connectivity index (χ0n) is 10.2. The summed E-state index contributed by atoms with van der Waals surface area (Å²) in [5, 5.41) is 0. The number of hydrogen-bond acceptors (Lipinski definition) is 1. The van der Waals surface area contributed by atoms with Crippen LogP contribution in [0, 0.1) is 6.92 Å². The number of aromatic nitrogens is 1. The van der Waals surface area contributed by atoms with Gasteiger partial charge in [0.05, 0.1) is 0 Å². The molecule has 0 amide bonds. The van der Waals surface area contributed by atoms with Crippen LogP contribution in [0.25, 0.3) is 11.3 Å². The zero-order chi connectivity index (χ0) is 11.9. The second kappa shape index (κ2) is 7.65. The summed E-state index contributed by atoms with van der Waals surface area (Å²) in [4.78, 5) is 4.32. The smallest absolute Gasteiger partial charge is 0.276 e. The predicted molar refractivity (Wildman–Crippen MR) is 72.0 cm³/mol. The number of nitrogens with zero attached hydrogens (tertiary/aromatic N) is 1. The Bertz CT molecular complexity index is 507. The van der Waals surface area contributed by atoms with Gasteiger partial charge in [0, 0.05) is 6.20 Å². The first kappa shape index (κ1) is 14.4. The van der Waals surface area contributed by atoms with Crippen LogP contribution in [0.3, 0.4) is 0 Å². The first-order chi connectivity index (χ1) is 8.38. The Morgan fingerprint density at radius 2 is 1.67 bits per heavy atom. The van der Waals surface area contributed by atoms with Crippen molar-refractivity contribution < 1.29 is 17.1 Å². The predicted octanol–water partition coefficient (Wildman–Crippen LogP) is 4.18. The van der Waals surface area contributed by atoms with Gasteiger partial charge in [0.15, 0.2) is 0 Å². The Morgan fingerprint density at radius 1 is 1.00 bits per heavy atom. The summed E-state index contributed by atoms with van der Waals surface area (Å²) in [5.41, 5.74) is 3.51. The van der Waals surface area contributed by atoms with Crippen molar-refractivity contribution >= 4 is 0 Å². The summed E-state index contributed by atoms with van der Waals surface area (Å²) in [6.45, 7) is 2.08. The first-order valence-electron chi connectivity index (χ1n) is 5.68. The van der Waals surface area contributed by atoms with Gasteiger partial charge in [-0.1, -0.05) is 30.2 Å². The molecule has 0 atom stereocenters. The van der Waals surface area contributed by atoms with E-state index in [4.69, 9.17) is 0 Å². The minimum atomic E-state index is 0. The summed E-state index contributed by atoms with van der Waals surface area (Å²) in [6.07, 6.45) is 1.83. The zero-order valence-corrected chi connectivity index (χ0v) is 11.3. The average Bonchev–Trinajstić information content (AvgIpc) is 3.06. The molecular weight excluding hydrogens is 262 g/mol. The third-order valence-electron chi connectivity index (χ3n) is 2.50. The Labute approximate surface area is 119 Å². The van der Waals surface area contributed by atoms with E-state index in [9.17, 15) is 0 Å². The monoisotopic (exact) mass is 277 g/mol. The van der Waals surface area contributed by atoms with Gasteiger partial charge in [0.2, 0.25) is 0 Å². The molecule has 0 bridgehead atoms. The molecule has 0 aliphatic rings. The molecule has 0 fully saturated rings. The minimum Gasteiger partial charge on any atom is -0.276 e. The van der Waals surface area contributed by atoms with Crippen LogP contribution in [0.1, 0.15) is 5.56 Å². The van der Waals surface area contributed by atoms with Crippen molar-refractivity contribution in [2.24, 2.45) is 0 Å². The molecule has 0 N–H and O–H groups in total. The van der Waals surface area contributed by atoms with Crippen LogP contribution in [0.15, 0.2) is 72.9 Å². The summed E-state index contributed by atoms with van der Waals surface area (Å²) < 4.78 is 0. The van der Waals surface area contributed by atoms with Gasteiger partial charge in [-0.15, -0.1) is 12.1 Å². The number of pyridine rings is 1. The Kier molecular flexibility index (Phi) is 6.13. The summed E-state index contributed by atoms with van der Waals surface area (Å²) >= 11 is 0. The molecule has 1 aromatic heterocycles. The normalized spacial score (nSPS) is 8.94. The molecule has 0 aliphatic carbocycles. The quantitative estimate of drug-likeness (QED) is 0.480. The van der Waals surface area contributed by atoms with Crippen molar-refractivity contribution in [3.63, 3.8) is 0 Å². The Hall–Kier alpha value is -1.63. The number of rotatable bonds is 1. The van der Waals surface area contributed by atoms with Gasteiger partial charge >= 0.3 is 17.1 Å². The molecule has 0 radical (unpaired) electrons. The van der Waals surface area contributed by atoms with Gasteiger partial charge in [-0.2, -0.15) is 30.3 Å². The van der Waals surface area contributed by atoms with E-state index in [1.54, 1.807) is 0 Å². The number of aryl methyl sites for hydroxylation is 1. The van der Waals surface area contributed by atoms with E-state index in [1.807, 2.05) is 54.7 Å². The van der Waals surface area contributed by atoms with Crippen LogP contribution in [0.5, 0.6) is 0 Å². The molecule has 92 valence electrons. The van der Waals surface area contributed by atoms with Gasteiger partial charge < -0.3 is 0 Å². The fraction of sp³-hybridized carbons (Fsp3) is 0.0625. The maximum Gasteiger partial charge on any atom is 2.00 e. The molecule has 0 saturated heterocycles. The molecule has 0 spiro atoms. The summed E-state index contributed by atoms with van der Waals surface area (Å²) in [6, 6.07) is 22.3. The molecule has 0 aliphatic heterocycles. The van der Waals surface area contributed by atoms with Crippen LogP contribution >= 0.6 is 0 Å². The molecule has 0 unspecified atom stereocenters. The topological polar surface area (TPSA) is 12.9 Å². The van der Waals surface area contributed by atoms with E-state index in [0.29, 0.717) is 0 Å². The average molecular weight is 277 g/mol. The summed E-state index contributed by atoms with van der Waals surface area (Å²) in [7, 11) is 0. The van der Waals surface area contributed by atoms with Gasteiger partial charge in [-0.3, -0.25) is 4.98 Å². The van der Waals surface area contributed by atoms with E-state index in [-0.39, 0.29) is 17.1 Å². The van der Waals surface area contributed by atoms with Crippen molar-refractivity contribution in [1.29, 1.82) is 0 Å². The molecule has 0 saturated carbocycles. The minimum absolute atomic E-state index is 0. The standard InChI is InChI=1S/C11H10N.C5H5.Fe/c1-9-5-4-8-12-11(9)10-6-2-3-7-10;1-2-4-5-3-1;/h2-8H,1H3;1-5H;/q2*-1;+2. The molecule has 3 rings (SSSR count). The van der Waals surface area contributed by atoms with E-state index < -0.39 is 0 Å². The van der Waals surface area contributed by atoms with E-state index in [0.717, 1.165) is 5.69 Å². The van der Waals surface area contributed by atoms with Gasteiger partial charge in [0.25, 0.3) is 0 Å². The SMILES string of the molecule is Cc1cccnc1-[c-]1cccc1.[Fe+2].c1cc[cH-]c1. The van der Waals surface area contributed by atoms with Crippen molar-refractivity contribution in [2.75, 3.05) is 0 Å². The molecule has 18 heavy (non-hydrogen) atoms. The maximum absolute atomic E-state index is 4.32. The second-order valence-electron chi connectivity index (χ2n) is 3.80. The molecule has 2 heteroatoms. The molecule has 3 aromatic rings. The van der Waals surface area contributed by atoms with Gasteiger partial charge in [-0.05, 0) is 5.69 Å². The largest absolute Gasteiger partial charge is 2.00 e. The molecule has 1 heterocycles. The third-order valence-corrected chi connectivity index (χ3v) is 2.50. The van der Waals surface area contributed by atoms with Gasteiger partial charge in [-0.25, -0.2) is 12.1 Å². The molecule has 2 aromatic carbocycles. The van der Waals surface area contributed by atoms with Crippen LogP contribution in [-0.2, 0) is 17.1 Å². The van der Waals surface area contributed by atoms with Gasteiger partial charge in [0.1, 0.15) is 0 Å². The van der Waals surface area contributed by atoms with E-state index in [1.165, 1.54) is 11.1 Å². The van der Waals surface area contributed by atoms with E-state index >= 15 is 0 Å². The van der Waals surface area contributed by atoms with Crippen molar-refractivity contribution in [3.05, 3.63) is 78.5 Å². The van der Waals surface area contributed by atoms with Crippen molar-refractivity contribution in [1.82, 2.24) is 4.98 Å². The Balaban J connectivity index is 0.000000230. The maximum atomic E-state index is 4.32. The first-order valence-corrected chi connectivity index (χ1v) is 5.68. The van der Waals surface area contributed by atoms with Crippen LogP contribution in [0.4, 0.5) is 0 Å². The summed E-state index contributed by atoms with van der Waals surface area (Å²) in [5.74, 6) is 0. The van der Waals surface area contributed by atoms with Crippen LogP contribution in [0.2, 0.25) is 0 Å². The molecular formula is C16H15FeN. The fourth-order valence-electron chi connectivity index (χ4n) is 1.64. The van der Waals surface area contributed by atoms with E-state index in [2.05, 4.69) is 30.1 Å². The van der Waals surface area contributed by atoms with Crippen molar-refractivity contribution in [2.45, 2.75) is 6.92 Å². The van der Waals surface area contributed by atoms with Crippen LogP contribution < -0.4 is 0 Å². The Morgan fingerprint density at radius 3 is 2.17 bits per heavy atom. The van der Waals surface area contributed by atoms with Crippen LogP contribution in [-0.4, -0.2) is 4.98 Å². The molecule has 1 nitrogen and oxygen atoms in total.